The van der Waals surface area contributed by atoms with E-state index in [0.717, 1.165) is 6.07 Å². The summed E-state index contributed by atoms with van der Waals surface area (Å²) in [6.07, 6.45) is -2.98. The van der Waals surface area contributed by atoms with Gasteiger partial charge in [-0.15, -0.1) is 0 Å². The maximum Gasteiger partial charge on any atom is 0.418 e. The van der Waals surface area contributed by atoms with Crippen LogP contribution in [0, 0.1) is 0 Å². The third-order valence-electron chi connectivity index (χ3n) is 4.37. The lowest BCUT2D eigenvalue weighted by Gasteiger charge is -2.14. The van der Waals surface area contributed by atoms with Crippen molar-refractivity contribution in [1.29, 1.82) is 0 Å². The molecule has 0 atom stereocenters. The molecule has 3 N–H and O–H groups in total. The van der Waals surface area contributed by atoms with Crippen molar-refractivity contribution in [3.8, 4) is 0 Å². The van der Waals surface area contributed by atoms with E-state index < -0.39 is 23.6 Å². The Morgan fingerprint density at radius 2 is 1.74 bits per heavy atom. The van der Waals surface area contributed by atoms with Gasteiger partial charge in [-0.1, -0.05) is 24.3 Å². The number of nitrogens with one attached hydrogen (secondary N) is 2. The largest absolute Gasteiger partial charge is 0.481 e. The Morgan fingerprint density at radius 1 is 1.03 bits per heavy atom. The van der Waals surface area contributed by atoms with Crippen molar-refractivity contribution < 1.29 is 27.9 Å². The first kappa shape index (κ1) is 21.9. The fourth-order valence-corrected chi connectivity index (χ4v) is 2.81. The summed E-state index contributed by atoms with van der Waals surface area (Å²) in [4.78, 5) is 22.9. The molecule has 1 amide bonds. The number of carboxylic acid groups (broad SMARTS) is 1. The number of halogens is 3. The molecule has 0 aliphatic heterocycles. The second-order valence-corrected chi connectivity index (χ2v) is 6.66. The molecule has 0 aliphatic rings. The third kappa shape index (κ3) is 6.08. The zero-order valence-corrected chi connectivity index (χ0v) is 16.2. The van der Waals surface area contributed by atoms with Crippen LogP contribution in [0.2, 0.25) is 0 Å². The predicted octanol–water partition coefficient (Wildman–Crippen LogP) is 4.24. The van der Waals surface area contributed by atoms with Gasteiger partial charge in [0.1, 0.15) is 0 Å². The number of aliphatic carboxylic acids is 1. The Labute approximate surface area is 175 Å². The first-order chi connectivity index (χ1) is 14.7. The van der Waals surface area contributed by atoms with Crippen LogP contribution in [0.4, 0.5) is 24.7 Å². The number of aromatic nitrogens is 2. The minimum atomic E-state index is -4.45. The van der Waals surface area contributed by atoms with E-state index in [1.165, 1.54) is 22.9 Å². The normalized spacial score (nSPS) is 11.2. The number of carbonyl (C=O) groups excluding carboxylic acids is 1. The van der Waals surface area contributed by atoms with Gasteiger partial charge < -0.3 is 15.7 Å². The molecule has 0 spiro atoms. The highest BCUT2D eigenvalue weighted by Crippen LogP contribution is 2.34. The van der Waals surface area contributed by atoms with Gasteiger partial charge in [-0.05, 0) is 29.8 Å². The number of nitrogens with zero attached hydrogens (tertiary/aromatic N) is 2. The minimum absolute atomic E-state index is 0.0182. The van der Waals surface area contributed by atoms with Crippen molar-refractivity contribution >= 4 is 23.4 Å². The molecule has 1 aromatic heterocycles. The summed E-state index contributed by atoms with van der Waals surface area (Å²) >= 11 is 0. The summed E-state index contributed by atoms with van der Waals surface area (Å²) in [7, 11) is 0. The lowest BCUT2D eigenvalue weighted by molar-refractivity contribution is -0.138. The van der Waals surface area contributed by atoms with Crippen LogP contribution in [-0.4, -0.2) is 26.8 Å². The van der Waals surface area contributed by atoms with Crippen LogP contribution in [0.15, 0.2) is 60.8 Å². The first-order valence-corrected chi connectivity index (χ1v) is 9.28. The van der Waals surface area contributed by atoms with Crippen LogP contribution in [0.3, 0.4) is 0 Å². The molecular weight excluding hydrogens is 413 g/mol. The maximum absolute atomic E-state index is 13.1. The number of anilines is 2. The van der Waals surface area contributed by atoms with Crippen LogP contribution < -0.4 is 10.6 Å². The van der Waals surface area contributed by atoms with Gasteiger partial charge in [-0.2, -0.15) is 18.3 Å². The van der Waals surface area contributed by atoms with E-state index in [2.05, 4.69) is 15.7 Å². The number of rotatable bonds is 8. The number of carboxylic acids is 1. The first-order valence-electron chi connectivity index (χ1n) is 9.28. The molecule has 0 bridgehead atoms. The zero-order valence-electron chi connectivity index (χ0n) is 16.2. The SMILES string of the molecule is O=C(O)CCn1ccc(NC(=O)c2ccc(CNc3ccccc3C(F)(F)F)cc2)n1. The third-order valence-corrected chi connectivity index (χ3v) is 4.37. The number of aryl methyl sites for hydroxylation is 1. The average Bonchev–Trinajstić information content (AvgIpc) is 3.18. The molecule has 1 heterocycles. The predicted molar refractivity (Wildman–Crippen MR) is 108 cm³/mol. The second kappa shape index (κ2) is 9.33. The molecule has 0 fully saturated rings. The Morgan fingerprint density at radius 3 is 2.42 bits per heavy atom. The number of carbonyl (C=O) groups is 2. The molecule has 10 heteroatoms. The highest BCUT2D eigenvalue weighted by molar-refractivity contribution is 6.03. The van der Waals surface area contributed by atoms with Gasteiger partial charge in [-0.25, -0.2) is 0 Å². The molecule has 31 heavy (non-hydrogen) atoms. The van der Waals surface area contributed by atoms with Crippen molar-refractivity contribution in [3.05, 3.63) is 77.5 Å². The van der Waals surface area contributed by atoms with E-state index in [1.54, 1.807) is 36.5 Å². The Bertz CT molecular complexity index is 1060. The number of amides is 1. The number of alkyl halides is 3. The van der Waals surface area contributed by atoms with E-state index in [0.29, 0.717) is 11.1 Å². The van der Waals surface area contributed by atoms with Gasteiger partial charge in [0.25, 0.3) is 5.91 Å². The summed E-state index contributed by atoms with van der Waals surface area (Å²) < 4.78 is 40.6. The van der Waals surface area contributed by atoms with Gasteiger partial charge in [0.2, 0.25) is 0 Å². The molecule has 3 rings (SSSR count). The zero-order chi connectivity index (χ0) is 22.4. The summed E-state index contributed by atoms with van der Waals surface area (Å²) in [5, 5.41) is 18.1. The van der Waals surface area contributed by atoms with E-state index in [4.69, 9.17) is 5.11 Å². The lowest BCUT2D eigenvalue weighted by atomic mass is 10.1. The lowest BCUT2D eigenvalue weighted by Crippen LogP contribution is -2.13. The van der Waals surface area contributed by atoms with Crippen LogP contribution in [-0.2, 0) is 24.1 Å². The number of para-hydroxylation sites is 1. The summed E-state index contributed by atoms with van der Waals surface area (Å²) in [5.74, 6) is -1.08. The molecule has 3 aromatic rings. The van der Waals surface area contributed by atoms with Crippen LogP contribution in [0.1, 0.15) is 27.9 Å². The molecule has 0 aliphatic carbocycles. The Hall–Kier alpha value is -3.82. The van der Waals surface area contributed by atoms with Crippen molar-refractivity contribution in [2.45, 2.75) is 25.7 Å². The Kier molecular flexibility index (Phi) is 6.58. The second-order valence-electron chi connectivity index (χ2n) is 6.66. The van der Waals surface area contributed by atoms with Crippen molar-refractivity contribution in [1.82, 2.24) is 9.78 Å². The molecular formula is C21H19F3N4O3. The van der Waals surface area contributed by atoms with Crippen LogP contribution in [0.5, 0.6) is 0 Å². The number of benzene rings is 2. The van der Waals surface area contributed by atoms with Crippen molar-refractivity contribution in [2.75, 3.05) is 10.6 Å². The van der Waals surface area contributed by atoms with Gasteiger partial charge in [-0.3, -0.25) is 14.3 Å². The molecule has 0 unspecified atom stereocenters. The van der Waals surface area contributed by atoms with Gasteiger partial charge in [0.05, 0.1) is 18.5 Å². The molecule has 2 aromatic carbocycles. The highest BCUT2D eigenvalue weighted by atomic mass is 19.4. The van der Waals surface area contributed by atoms with Gasteiger partial charge in [0, 0.05) is 30.1 Å². The smallest absolute Gasteiger partial charge is 0.418 e. The van der Waals surface area contributed by atoms with E-state index in [1.807, 2.05) is 0 Å². The topological polar surface area (TPSA) is 96.2 Å². The summed E-state index contributed by atoms with van der Waals surface area (Å²) in [6, 6.07) is 13.2. The standard InChI is InChI=1S/C21H19F3N4O3/c22-21(23,24)16-3-1-2-4-17(16)25-13-14-5-7-15(8-6-14)20(31)26-18-9-11-28(27-18)12-10-19(29)30/h1-9,11,25H,10,12-13H2,(H,29,30)(H,26,27,31). The van der Waals surface area contributed by atoms with E-state index >= 15 is 0 Å². The fraction of sp³-hybridized carbons (Fsp3) is 0.190. The minimum Gasteiger partial charge on any atom is -0.481 e. The summed E-state index contributed by atoms with van der Waals surface area (Å²) in [5.41, 5.74) is 0.287. The van der Waals surface area contributed by atoms with Crippen molar-refractivity contribution in [3.63, 3.8) is 0 Å². The molecule has 0 radical (unpaired) electrons. The summed E-state index contributed by atoms with van der Waals surface area (Å²) in [6.45, 7) is 0.341. The van der Waals surface area contributed by atoms with E-state index in [-0.39, 0.29) is 31.0 Å². The van der Waals surface area contributed by atoms with Gasteiger partial charge >= 0.3 is 12.1 Å². The molecule has 0 saturated heterocycles. The molecule has 0 saturated carbocycles. The van der Waals surface area contributed by atoms with Crippen LogP contribution >= 0.6 is 0 Å². The fourth-order valence-electron chi connectivity index (χ4n) is 2.81. The average molecular weight is 432 g/mol. The maximum atomic E-state index is 13.1. The van der Waals surface area contributed by atoms with Crippen molar-refractivity contribution in [2.24, 2.45) is 0 Å². The number of hydrogen-bond acceptors (Lipinski definition) is 4. The van der Waals surface area contributed by atoms with Gasteiger partial charge in [0.15, 0.2) is 5.82 Å². The van der Waals surface area contributed by atoms with E-state index in [9.17, 15) is 22.8 Å². The Balaban J connectivity index is 1.58. The van der Waals surface area contributed by atoms with Crippen LogP contribution in [0.25, 0.3) is 0 Å². The monoisotopic (exact) mass is 432 g/mol. The molecule has 7 nitrogen and oxygen atoms in total. The highest BCUT2D eigenvalue weighted by Gasteiger charge is 2.33. The molecule has 162 valence electrons. The number of hydrogen-bond donors (Lipinski definition) is 3. The quantitative estimate of drug-likeness (QED) is 0.495.